The fraction of sp³-hybridized carbons (Fsp3) is 0.188. The molecule has 2 aromatic carbocycles. The van der Waals surface area contributed by atoms with E-state index in [-0.39, 0.29) is 11.7 Å². The first-order valence-electron chi connectivity index (χ1n) is 7.43. The van der Waals surface area contributed by atoms with Crippen LogP contribution in [0.25, 0.3) is 0 Å². The Labute approximate surface area is 143 Å². The van der Waals surface area contributed by atoms with E-state index >= 15 is 0 Å². The number of carbonyl (C=O) groups is 1. The number of hydrogen-bond acceptors (Lipinski definition) is 5. The number of halogens is 2. The molecule has 0 aromatic heterocycles. The van der Waals surface area contributed by atoms with E-state index in [1.807, 2.05) is 18.2 Å². The molecule has 0 aliphatic carbocycles. The van der Waals surface area contributed by atoms with Crippen LogP contribution in [0, 0.1) is 5.82 Å². The van der Waals surface area contributed by atoms with E-state index in [2.05, 4.69) is 27.0 Å². The number of hydrogen-bond donors (Lipinski definition) is 5. The van der Waals surface area contributed by atoms with Crippen LogP contribution in [0.2, 0.25) is 5.02 Å². The molecule has 5 N–H and O–H groups in total. The normalized spacial score (nSPS) is 19.9. The Morgan fingerprint density at radius 1 is 1.12 bits per heavy atom. The Kier molecular flexibility index (Phi) is 5.27. The number of rotatable bonds is 5. The Morgan fingerprint density at radius 3 is 2.67 bits per heavy atom. The van der Waals surface area contributed by atoms with Gasteiger partial charge in [-0.3, -0.25) is 4.79 Å². The maximum Gasteiger partial charge on any atom is 0.242 e. The molecule has 2 atom stereocenters. The molecule has 2 aromatic rings. The molecule has 0 saturated carbocycles. The van der Waals surface area contributed by atoms with Gasteiger partial charge in [0.25, 0.3) is 0 Å². The van der Waals surface area contributed by atoms with Crippen LogP contribution in [0.4, 0.5) is 10.1 Å². The Hall–Kier alpha value is -2.19. The van der Waals surface area contributed by atoms with Gasteiger partial charge in [0.1, 0.15) is 18.0 Å². The van der Waals surface area contributed by atoms with Crippen molar-refractivity contribution in [3.8, 4) is 0 Å². The molecule has 3 rings (SSSR count). The van der Waals surface area contributed by atoms with Gasteiger partial charge in [-0.15, -0.1) is 0 Å². The summed E-state index contributed by atoms with van der Waals surface area (Å²) < 4.78 is 13.7. The van der Waals surface area contributed by atoms with Gasteiger partial charge in [-0.2, -0.15) is 5.53 Å². The number of amides is 1. The first-order valence-corrected chi connectivity index (χ1v) is 7.81. The zero-order chi connectivity index (χ0) is 16.9. The Balaban J connectivity index is 1.61. The monoisotopic (exact) mass is 349 g/mol. The van der Waals surface area contributed by atoms with E-state index in [0.717, 1.165) is 5.56 Å². The summed E-state index contributed by atoms with van der Waals surface area (Å²) in [5.41, 5.74) is 9.47. The molecule has 126 valence electrons. The summed E-state index contributed by atoms with van der Waals surface area (Å²) in [6.07, 6.45) is -0.520. The third-order valence-corrected chi connectivity index (χ3v) is 4.04. The molecule has 1 saturated heterocycles. The van der Waals surface area contributed by atoms with Crippen molar-refractivity contribution in [1.29, 1.82) is 0 Å². The number of benzene rings is 2. The Morgan fingerprint density at radius 2 is 1.88 bits per heavy atom. The topological polar surface area (TPSA) is 77.2 Å². The molecule has 1 fully saturated rings. The van der Waals surface area contributed by atoms with Gasteiger partial charge >= 0.3 is 0 Å². The summed E-state index contributed by atoms with van der Waals surface area (Å²) in [6.45, 7) is 0.309. The first kappa shape index (κ1) is 16.7. The van der Waals surface area contributed by atoms with Crippen LogP contribution < -0.4 is 27.0 Å². The second-order valence-corrected chi connectivity index (χ2v) is 5.71. The van der Waals surface area contributed by atoms with Crippen LogP contribution in [-0.4, -0.2) is 18.1 Å². The van der Waals surface area contributed by atoms with Gasteiger partial charge in [0, 0.05) is 11.6 Å². The van der Waals surface area contributed by atoms with E-state index in [9.17, 15) is 9.18 Å². The lowest BCUT2D eigenvalue weighted by Gasteiger charge is -2.20. The van der Waals surface area contributed by atoms with E-state index < -0.39 is 12.2 Å². The van der Waals surface area contributed by atoms with Gasteiger partial charge in [-0.1, -0.05) is 41.9 Å². The van der Waals surface area contributed by atoms with Crippen LogP contribution >= 0.6 is 11.6 Å². The van der Waals surface area contributed by atoms with E-state index in [0.29, 0.717) is 17.3 Å². The maximum absolute atomic E-state index is 13.7. The van der Waals surface area contributed by atoms with Crippen LogP contribution in [0.1, 0.15) is 5.56 Å². The highest BCUT2D eigenvalue weighted by molar-refractivity contribution is 6.31. The van der Waals surface area contributed by atoms with Crippen molar-refractivity contribution < 1.29 is 9.18 Å². The molecule has 0 radical (unpaired) electrons. The molecular formula is C16H17ClFN5O. The molecule has 8 heteroatoms. The minimum absolute atomic E-state index is 0.249. The first-order chi connectivity index (χ1) is 11.6. The van der Waals surface area contributed by atoms with E-state index in [4.69, 9.17) is 11.6 Å². The van der Waals surface area contributed by atoms with E-state index in [1.165, 1.54) is 6.07 Å². The summed E-state index contributed by atoms with van der Waals surface area (Å²) >= 11 is 6.08. The summed E-state index contributed by atoms with van der Waals surface area (Å²) in [4.78, 5) is 12.4. The van der Waals surface area contributed by atoms with Gasteiger partial charge in [0.05, 0.1) is 5.69 Å². The smallest absolute Gasteiger partial charge is 0.242 e. The molecule has 1 aliphatic rings. The minimum atomic E-state index is -0.632. The minimum Gasteiger partial charge on any atom is -0.365 e. The van der Waals surface area contributed by atoms with Gasteiger partial charge in [0.15, 0.2) is 0 Å². The SMILES string of the molecule is O=C(NCc1ccccc1Cl)C1NNNC1Nc1ccccc1F. The summed E-state index contributed by atoms with van der Waals surface area (Å²) in [7, 11) is 0. The lowest BCUT2D eigenvalue weighted by molar-refractivity contribution is -0.123. The highest BCUT2D eigenvalue weighted by Gasteiger charge is 2.33. The van der Waals surface area contributed by atoms with Crippen molar-refractivity contribution in [3.63, 3.8) is 0 Å². The van der Waals surface area contributed by atoms with Crippen molar-refractivity contribution in [1.82, 2.24) is 21.7 Å². The average Bonchev–Trinajstić information content (AvgIpc) is 3.04. The van der Waals surface area contributed by atoms with Crippen molar-refractivity contribution >= 4 is 23.2 Å². The van der Waals surface area contributed by atoms with Crippen molar-refractivity contribution in [2.24, 2.45) is 0 Å². The molecule has 1 heterocycles. The third-order valence-electron chi connectivity index (χ3n) is 3.67. The Bertz CT molecular complexity index is 729. The maximum atomic E-state index is 13.7. The average molecular weight is 350 g/mol. The standard InChI is InChI=1S/C16H17ClFN5O/c17-11-6-2-1-5-10(11)9-19-16(24)14-15(22-23-21-14)20-13-8-4-3-7-12(13)18/h1-8,14-15,20-23H,9H2,(H,19,24). The lowest BCUT2D eigenvalue weighted by Crippen LogP contribution is -2.50. The second kappa shape index (κ2) is 7.59. The number of carbonyl (C=O) groups excluding carboxylic acids is 1. The van der Waals surface area contributed by atoms with Gasteiger partial charge in [-0.25, -0.2) is 15.2 Å². The molecule has 0 spiro atoms. The molecule has 1 aliphatic heterocycles. The zero-order valence-corrected chi connectivity index (χ0v) is 13.4. The predicted octanol–water partition coefficient (Wildman–Crippen LogP) is 1.51. The molecule has 2 unspecified atom stereocenters. The highest BCUT2D eigenvalue weighted by Crippen LogP contribution is 2.16. The summed E-state index contributed by atoms with van der Waals surface area (Å²) in [5.74, 6) is -0.636. The van der Waals surface area contributed by atoms with Crippen molar-refractivity contribution in [3.05, 3.63) is 64.9 Å². The largest absolute Gasteiger partial charge is 0.365 e. The molecule has 0 bridgehead atoms. The van der Waals surface area contributed by atoms with Crippen molar-refractivity contribution in [2.75, 3.05) is 5.32 Å². The number of anilines is 1. The van der Waals surface area contributed by atoms with Crippen molar-refractivity contribution in [2.45, 2.75) is 18.8 Å². The van der Waals surface area contributed by atoms with Gasteiger partial charge in [-0.05, 0) is 23.8 Å². The zero-order valence-electron chi connectivity index (χ0n) is 12.6. The second-order valence-electron chi connectivity index (χ2n) is 5.30. The summed E-state index contributed by atoms with van der Waals surface area (Å²) in [6, 6.07) is 12.9. The quantitative estimate of drug-likeness (QED) is 0.566. The fourth-order valence-electron chi connectivity index (χ4n) is 2.38. The number of para-hydroxylation sites is 1. The predicted molar refractivity (Wildman–Crippen MR) is 90.3 cm³/mol. The molecule has 24 heavy (non-hydrogen) atoms. The van der Waals surface area contributed by atoms with Gasteiger partial charge in [0.2, 0.25) is 5.91 Å². The van der Waals surface area contributed by atoms with Crippen LogP contribution in [-0.2, 0) is 11.3 Å². The third kappa shape index (κ3) is 3.82. The highest BCUT2D eigenvalue weighted by atomic mass is 35.5. The summed E-state index contributed by atoms with van der Waals surface area (Å²) in [5, 5.41) is 6.36. The van der Waals surface area contributed by atoms with Crippen LogP contribution in [0.5, 0.6) is 0 Å². The molecule has 6 nitrogen and oxygen atoms in total. The lowest BCUT2D eigenvalue weighted by atomic mass is 10.2. The van der Waals surface area contributed by atoms with Crippen LogP contribution in [0.15, 0.2) is 48.5 Å². The molecule has 1 amide bonds. The number of hydrazine groups is 2. The number of nitrogens with one attached hydrogen (secondary N) is 5. The molecular weight excluding hydrogens is 333 g/mol. The van der Waals surface area contributed by atoms with Gasteiger partial charge < -0.3 is 10.6 Å². The van der Waals surface area contributed by atoms with Crippen LogP contribution in [0.3, 0.4) is 0 Å². The fourth-order valence-corrected chi connectivity index (χ4v) is 2.58. The van der Waals surface area contributed by atoms with E-state index in [1.54, 1.807) is 24.3 Å².